The molecule has 1 aromatic carbocycles. The summed E-state index contributed by atoms with van der Waals surface area (Å²) in [5.41, 5.74) is 2.04. The number of aliphatic hydroxyl groups is 1. The maximum Gasteiger partial charge on any atom is 0.224 e. The van der Waals surface area contributed by atoms with Crippen LogP contribution in [0.5, 0.6) is 5.75 Å². The van der Waals surface area contributed by atoms with E-state index in [9.17, 15) is 9.90 Å². The van der Waals surface area contributed by atoms with Crippen molar-refractivity contribution >= 4 is 5.91 Å². The Morgan fingerprint density at radius 3 is 2.83 bits per heavy atom. The fourth-order valence-corrected chi connectivity index (χ4v) is 2.90. The summed E-state index contributed by atoms with van der Waals surface area (Å²) in [6.45, 7) is 5.57. The second-order valence-electron chi connectivity index (χ2n) is 6.26. The molecule has 1 amide bonds. The number of hydrogen-bond acceptors (Lipinski definition) is 4. The topological polar surface area (TPSA) is 61.8 Å². The molecule has 1 fully saturated rings. The standard InChI is InChI=1S/C18H28N2O3/c1-14-4-5-15(12-17(14)23-2)13-18(22)19-8-3-9-20-10-6-16(21)7-11-20/h4-5,12,16,21H,3,6-11,13H2,1-2H3,(H,19,22). The van der Waals surface area contributed by atoms with Crippen LogP contribution in [-0.4, -0.2) is 55.3 Å². The number of carbonyl (C=O) groups excluding carboxylic acids is 1. The van der Waals surface area contributed by atoms with Crippen LogP contribution in [0.4, 0.5) is 0 Å². The van der Waals surface area contributed by atoms with E-state index in [2.05, 4.69) is 10.2 Å². The van der Waals surface area contributed by atoms with E-state index in [1.807, 2.05) is 25.1 Å². The highest BCUT2D eigenvalue weighted by Gasteiger charge is 2.16. The molecule has 0 aliphatic carbocycles. The molecule has 2 N–H and O–H groups in total. The summed E-state index contributed by atoms with van der Waals surface area (Å²) < 4.78 is 5.29. The van der Waals surface area contributed by atoms with Gasteiger partial charge >= 0.3 is 0 Å². The third-order valence-electron chi connectivity index (χ3n) is 4.37. The van der Waals surface area contributed by atoms with Gasteiger partial charge in [0.2, 0.25) is 5.91 Å². The summed E-state index contributed by atoms with van der Waals surface area (Å²) in [4.78, 5) is 14.3. The van der Waals surface area contributed by atoms with Gasteiger partial charge in [0.1, 0.15) is 5.75 Å². The Labute approximate surface area is 138 Å². The van der Waals surface area contributed by atoms with E-state index < -0.39 is 0 Å². The van der Waals surface area contributed by atoms with Gasteiger partial charge in [0.05, 0.1) is 19.6 Å². The van der Waals surface area contributed by atoms with Crippen molar-refractivity contribution in [2.24, 2.45) is 0 Å². The lowest BCUT2D eigenvalue weighted by atomic mass is 10.1. The van der Waals surface area contributed by atoms with Crippen LogP contribution in [0, 0.1) is 6.92 Å². The Bertz CT molecular complexity index is 511. The summed E-state index contributed by atoms with van der Waals surface area (Å²) in [7, 11) is 1.64. The number of nitrogens with zero attached hydrogens (tertiary/aromatic N) is 1. The smallest absolute Gasteiger partial charge is 0.224 e. The zero-order chi connectivity index (χ0) is 16.7. The molecule has 0 spiro atoms. The van der Waals surface area contributed by atoms with Gasteiger partial charge in [-0.05, 0) is 49.9 Å². The van der Waals surface area contributed by atoms with Gasteiger partial charge < -0.3 is 20.1 Å². The van der Waals surface area contributed by atoms with Crippen molar-refractivity contribution in [1.29, 1.82) is 0 Å². The summed E-state index contributed by atoms with van der Waals surface area (Å²) >= 11 is 0. The zero-order valence-electron chi connectivity index (χ0n) is 14.2. The largest absolute Gasteiger partial charge is 0.496 e. The number of carbonyl (C=O) groups is 1. The summed E-state index contributed by atoms with van der Waals surface area (Å²) in [6, 6.07) is 5.87. The van der Waals surface area contributed by atoms with E-state index in [1.54, 1.807) is 7.11 Å². The van der Waals surface area contributed by atoms with Gasteiger partial charge in [-0.1, -0.05) is 12.1 Å². The molecule has 128 valence electrons. The third kappa shape index (κ3) is 5.84. The average Bonchev–Trinajstić information content (AvgIpc) is 2.55. The van der Waals surface area contributed by atoms with Crippen LogP contribution < -0.4 is 10.1 Å². The summed E-state index contributed by atoms with van der Waals surface area (Å²) in [6.07, 6.45) is 2.92. The first-order chi connectivity index (χ1) is 11.1. The number of methoxy groups -OCH3 is 1. The van der Waals surface area contributed by atoms with Gasteiger partial charge in [-0.3, -0.25) is 4.79 Å². The molecule has 5 heteroatoms. The van der Waals surface area contributed by atoms with Crippen LogP contribution in [0.2, 0.25) is 0 Å². The molecule has 5 nitrogen and oxygen atoms in total. The van der Waals surface area contributed by atoms with Crippen LogP contribution in [-0.2, 0) is 11.2 Å². The SMILES string of the molecule is COc1cc(CC(=O)NCCCN2CCC(O)CC2)ccc1C. The number of hydrogen-bond donors (Lipinski definition) is 2. The monoisotopic (exact) mass is 320 g/mol. The molecular weight excluding hydrogens is 292 g/mol. The molecule has 0 atom stereocenters. The maximum absolute atomic E-state index is 12.0. The second-order valence-corrected chi connectivity index (χ2v) is 6.26. The fraction of sp³-hybridized carbons (Fsp3) is 0.611. The minimum atomic E-state index is -0.127. The number of aliphatic hydroxyl groups excluding tert-OH is 1. The van der Waals surface area contributed by atoms with E-state index in [1.165, 1.54) is 0 Å². The quantitative estimate of drug-likeness (QED) is 0.748. The van der Waals surface area contributed by atoms with Gasteiger partial charge in [-0.15, -0.1) is 0 Å². The number of piperidine rings is 1. The summed E-state index contributed by atoms with van der Waals surface area (Å²) in [5.74, 6) is 0.868. The Morgan fingerprint density at radius 2 is 2.13 bits per heavy atom. The first-order valence-corrected chi connectivity index (χ1v) is 8.39. The lowest BCUT2D eigenvalue weighted by Crippen LogP contribution is -2.37. The number of benzene rings is 1. The molecular formula is C18H28N2O3. The molecule has 0 saturated carbocycles. The van der Waals surface area contributed by atoms with Crippen LogP contribution in [0.15, 0.2) is 18.2 Å². The molecule has 0 aromatic heterocycles. The van der Waals surface area contributed by atoms with Crippen molar-refractivity contribution in [1.82, 2.24) is 10.2 Å². The highest BCUT2D eigenvalue weighted by molar-refractivity contribution is 5.78. The zero-order valence-corrected chi connectivity index (χ0v) is 14.2. The Morgan fingerprint density at radius 1 is 1.39 bits per heavy atom. The van der Waals surface area contributed by atoms with Gasteiger partial charge in [0.15, 0.2) is 0 Å². The minimum Gasteiger partial charge on any atom is -0.496 e. The van der Waals surface area contributed by atoms with Crippen molar-refractivity contribution in [2.45, 2.75) is 38.7 Å². The Balaban J connectivity index is 1.65. The summed E-state index contributed by atoms with van der Waals surface area (Å²) in [5, 5.41) is 12.4. The van der Waals surface area contributed by atoms with Crippen molar-refractivity contribution < 1.29 is 14.6 Å². The third-order valence-corrected chi connectivity index (χ3v) is 4.37. The highest BCUT2D eigenvalue weighted by Crippen LogP contribution is 2.19. The normalized spacial score (nSPS) is 16.3. The predicted octanol–water partition coefficient (Wildman–Crippen LogP) is 1.51. The number of rotatable bonds is 7. The lowest BCUT2D eigenvalue weighted by molar-refractivity contribution is -0.120. The first kappa shape index (κ1) is 17.8. The van der Waals surface area contributed by atoms with Crippen LogP contribution in [0.1, 0.15) is 30.4 Å². The average molecular weight is 320 g/mol. The molecule has 23 heavy (non-hydrogen) atoms. The minimum absolute atomic E-state index is 0.0463. The Kier molecular flexibility index (Phi) is 6.86. The molecule has 1 heterocycles. The van der Waals surface area contributed by atoms with Crippen molar-refractivity contribution in [2.75, 3.05) is 33.3 Å². The molecule has 1 aliphatic rings. The van der Waals surface area contributed by atoms with E-state index in [0.29, 0.717) is 13.0 Å². The molecule has 1 saturated heterocycles. The predicted molar refractivity (Wildman–Crippen MR) is 90.7 cm³/mol. The molecule has 0 unspecified atom stereocenters. The second kappa shape index (κ2) is 8.89. The number of aryl methyl sites for hydroxylation is 1. The van der Waals surface area contributed by atoms with Crippen molar-refractivity contribution in [3.63, 3.8) is 0 Å². The molecule has 2 rings (SSSR count). The van der Waals surface area contributed by atoms with Crippen LogP contribution in [0.25, 0.3) is 0 Å². The number of ether oxygens (including phenoxy) is 1. The van der Waals surface area contributed by atoms with Crippen molar-refractivity contribution in [3.05, 3.63) is 29.3 Å². The van der Waals surface area contributed by atoms with Gasteiger partial charge in [-0.2, -0.15) is 0 Å². The van der Waals surface area contributed by atoms with Gasteiger partial charge in [0, 0.05) is 19.6 Å². The highest BCUT2D eigenvalue weighted by atomic mass is 16.5. The van der Waals surface area contributed by atoms with E-state index in [4.69, 9.17) is 4.74 Å². The molecule has 0 radical (unpaired) electrons. The maximum atomic E-state index is 12.0. The van der Waals surface area contributed by atoms with Gasteiger partial charge in [-0.25, -0.2) is 0 Å². The number of amides is 1. The molecule has 1 aromatic rings. The Hall–Kier alpha value is -1.59. The van der Waals surface area contributed by atoms with Crippen LogP contribution in [0.3, 0.4) is 0 Å². The van der Waals surface area contributed by atoms with E-state index >= 15 is 0 Å². The van der Waals surface area contributed by atoms with E-state index in [-0.39, 0.29) is 12.0 Å². The fourth-order valence-electron chi connectivity index (χ4n) is 2.90. The van der Waals surface area contributed by atoms with Crippen molar-refractivity contribution in [3.8, 4) is 5.75 Å². The lowest BCUT2D eigenvalue weighted by Gasteiger charge is -2.29. The first-order valence-electron chi connectivity index (χ1n) is 8.39. The van der Waals surface area contributed by atoms with Gasteiger partial charge in [0.25, 0.3) is 0 Å². The molecule has 1 aliphatic heterocycles. The molecule has 0 bridgehead atoms. The number of likely N-dealkylation sites (tertiary alicyclic amines) is 1. The van der Waals surface area contributed by atoms with Crippen LogP contribution >= 0.6 is 0 Å². The van der Waals surface area contributed by atoms with E-state index in [0.717, 1.165) is 55.8 Å². The number of nitrogens with one attached hydrogen (secondary N) is 1.